The third kappa shape index (κ3) is 4.58. The van der Waals surface area contributed by atoms with Gasteiger partial charge in [0.25, 0.3) is 0 Å². The third-order valence-electron chi connectivity index (χ3n) is 5.07. The van der Waals surface area contributed by atoms with Gasteiger partial charge < -0.3 is 10.6 Å². The molecule has 0 unspecified atom stereocenters. The fourth-order valence-electron chi connectivity index (χ4n) is 3.50. The molecule has 3 rings (SSSR count). The van der Waals surface area contributed by atoms with E-state index in [1.807, 2.05) is 30.2 Å². The zero-order valence-corrected chi connectivity index (χ0v) is 18.7. The van der Waals surface area contributed by atoms with E-state index in [9.17, 15) is 4.79 Å². The Morgan fingerprint density at radius 2 is 1.89 bits per heavy atom. The average Bonchev–Trinajstić information content (AvgIpc) is 3.22. The van der Waals surface area contributed by atoms with E-state index >= 15 is 0 Å². The number of carbonyl (C=O) groups excluding carboxylic acids is 1. The number of nitrogens with one attached hydrogen (secondary N) is 2. The van der Waals surface area contributed by atoms with Crippen LogP contribution in [0.5, 0.6) is 0 Å². The maximum absolute atomic E-state index is 13.1. The molecule has 0 aromatic carbocycles. The molecule has 2 aromatic heterocycles. The maximum Gasteiger partial charge on any atom is 0.230 e. The predicted molar refractivity (Wildman–Crippen MR) is 114 cm³/mol. The lowest BCUT2D eigenvalue weighted by atomic mass is 9.90. The van der Waals surface area contributed by atoms with Crippen LogP contribution in [0.2, 0.25) is 0 Å². The fourth-order valence-corrected chi connectivity index (χ4v) is 3.50. The smallest absolute Gasteiger partial charge is 0.230 e. The molecule has 1 saturated heterocycles. The zero-order chi connectivity index (χ0) is 20.0. The lowest BCUT2D eigenvalue weighted by molar-refractivity contribution is -0.119. The average molecular weight is 409 g/mol. The van der Waals surface area contributed by atoms with Gasteiger partial charge >= 0.3 is 0 Å². The van der Waals surface area contributed by atoms with Gasteiger partial charge in [-0.3, -0.25) is 9.48 Å². The summed E-state index contributed by atoms with van der Waals surface area (Å²) in [7, 11) is 1.90. The van der Waals surface area contributed by atoms with E-state index in [1.165, 1.54) is 0 Å². The number of halogens is 1. The monoisotopic (exact) mass is 408 g/mol. The van der Waals surface area contributed by atoms with Gasteiger partial charge in [0.05, 0.1) is 23.3 Å². The number of amides is 1. The molecule has 1 aliphatic heterocycles. The Hall–Kier alpha value is -1.86. The Kier molecular flexibility index (Phi) is 6.31. The second-order valence-corrected chi connectivity index (χ2v) is 9.56. The number of hydrogen-bond acceptors (Lipinski definition) is 4. The molecule has 0 aliphatic carbocycles. The van der Waals surface area contributed by atoms with E-state index in [2.05, 4.69) is 57.3 Å². The summed E-state index contributed by atoms with van der Waals surface area (Å²) in [5.41, 5.74) is 1.77. The first-order valence-corrected chi connectivity index (χ1v) is 9.58. The standard InChI is InChI=1S/C20H32N6O.ClH/c1-19(2,3)16-8-17(26(24-16)20(4,5)6)23-18(27)15-11-21-10-14(15)13-9-22-25(7)12-13;/h8-9,12,14-15,21H,10-11H2,1-7H3,(H,23,27);1H/t14-,15+;/m1./s1. The summed E-state index contributed by atoms with van der Waals surface area (Å²) in [5, 5.41) is 15.5. The molecule has 0 spiro atoms. The van der Waals surface area contributed by atoms with Gasteiger partial charge in [0, 0.05) is 43.7 Å². The van der Waals surface area contributed by atoms with Crippen LogP contribution in [0.1, 0.15) is 58.7 Å². The van der Waals surface area contributed by atoms with Crippen molar-refractivity contribution in [3.05, 3.63) is 29.7 Å². The molecule has 28 heavy (non-hydrogen) atoms. The second kappa shape index (κ2) is 7.87. The fraction of sp³-hybridized carbons (Fsp3) is 0.650. The van der Waals surface area contributed by atoms with Gasteiger partial charge in [0.2, 0.25) is 5.91 Å². The van der Waals surface area contributed by atoms with Gasteiger partial charge in [-0.15, -0.1) is 12.4 Å². The molecular weight excluding hydrogens is 376 g/mol. The van der Waals surface area contributed by atoms with Crippen molar-refractivity contribution in [1.29, 1.82) is 0 Å². The van der Waals surface area contributed by atoms with E-state index in [0.29, 0.717) is 6.54 Å². The molecule has 2 atom stereocenters. The third-order valence-corrected chi connectivity index (χ3v) is 5.07. The number of aryl methyl sites for hydroxylation is 1. The van der Waals surface area contributed by atoms with Crippen LogP contribution in [0, 0.1) is 5.92 Å². The molecule has 3 heterocycles. The molecule has 1 amide bonds. The van der Waals surface area contributed by atoms with Crippen LogP contribution in [0.3, 0.4) is 0 Å². The predicted octanol–water partition coefficient (Wildman–Crippen LogP) is 3.03. The Morgan fingerprint density at radius 1 is 1.21 bits per heavy atom. The van der Waals surface area contributed by atoms with Crippen molar-refractivity contribution in [1.82, 2.24) is 24.9 Å². The molecule has 0 saturated carbocycles. The van der Waals surface area contributed by atoms with Crippen LogP contribution < -0.4 is 10.6 Å². The lowest BCUT2D eigenvalue weighted by Crippen LogP contribution is -2.31. The highest BCUT2D eigenvalue weighted by molar-refractivity contribution is 5.93. The van der Waals surface area contributed by atoms with Gasteiger partial charge in [0.15, 0.2) is 0 Å². The summed E-state index contributed by atoms with van der Waals surface area (Å²) >= 11 is 0. The Balaban J connectivity index is 0.00000280. The Labute approximate surface area is 173 Å². The number of aromatic nitrogens is 4. The summed E-state index contributed by atoms with van der Waals surface area (Å²) in [6, 6.07) is 2.00. The quantitative estimate of drug-likeness (QED) is 0.818. The van der Waals surface area contributed by atoms with E-state index < -0.39 is 0 Å². The molecule has 0 radical (unpaired) electrons. The minimum atomic E-state index is -0.219. The van der Waals surface area contributed by atoms with Gasteiger partial charge in [-0.05, 0) is 26.3 Å². The topological polar surface area (TPSA) is 76.8 Å². The molecule has 1 aliphatic rings. The van der Waals surface area contributed by atoms with Crippen molar-refractivity contribution in [3.8, 4) is 0 Å². The van der Waals surface area contributed by atoms with Crippen LogP contribution in [0.4, 0.5) is 5.82 Å². The SMILES string of the molecule is Cl.Cn1cc([C@H]2CNC[C@@H]2C(=O)Nc2cc(C(C)(C)C)nn2C(C)(C)C)cn1. The highest BCUT2D eigenvalue weighted by Crippen LogP contribution is 2.31. The van der Waals surface area contributed by atoms with Crippen molar-refractivity contribution >= 4 is 24.1 Å². The first-order chi connectivity index (χ1) is 12.5. The minimum absolute atomic E-state index is 0. The second-order valence-electron chi connectivity index (χ2n) is 9.56. The van der Waals surface area contributed by atoms with Crippen molar-refractivity contribution in [2.75, 3.05) is 18.4 Å². The molecule has 2 aromatic rings. The van der Waals surface area contributed by atoms with Crippen LogP contribution in [0.25, 0.3) is 0 Å². The van der Waals surface area contributed by atoms with E-state index in [1.54, 1.807) is 4.68 Å². The number of anilines is 1. The summed E-state index contributed by atoms with van der Waals surface area (Å²) in [6.07, 6.45) is 3.85. The number of carbonyl (C=O) groups is 1. The summed E-state index contributed by atoms with van der Waals surface area (Å²) in [6.45, 7) is 14.1. The van der Waals surface area contributed by atoms with Crippen LogP contribution >= 0.6 is 12.4 Å². The summed E-state index contributed by atoms with van der Waals surface area (Å²) in [4.78, 5) is 13.1. The van der Waals surface area contributed by atoms with Crippen molar-refractivity contribution < 1.29 is 4.79 Å². The molecule has 7 nitrogen and oxygen atoms in total. The zero-order valence-electron chi connectivity index (χ0n) is 17.9. The molecular formula is C20H33ClN6O. The molecule has 8 heteroatoms. The van der Waals surface area contributed by atoms with E-state index in [4.69, 9.17) is 5.10 Å². The van der Waals surface area contributed by atoms with Crippen LogP contribution in [0.15, 0.2) is 18.5 Å². The summed E-state index contributed by atoms with van der Waals surface area (Å²) in [5.74, 6) is 0.788. The van der Waals surface area contributed by atoms with Gasteiger partial charge in [0.1, 0.15) is 5.82 Å². The molecule has 0 bridgehead atoms. The normalized spacial score (nSPS) is 20.1. The van der Waals surface area contributed by atoms with Gasteiger partial charge in [-0.1, -0.05) is 20.8 Å². The lowest BCUT2D eigenvalue weighted by Gasteiger charge is -2.24. The molecule has 2 N–H and O–H groups in total. The van der Waals surface area contributed by atoms with Gasteiger partial charge in [-0.2, -0.15) is 10.2 Å². The van der Waals surface area contributed by atoms with Crippen molar-refractivity contribution in [2.24, 2.45) is 13.0 Å². The van der Waals surface area contributed by atoms with Gasteiger partial charge in [-0.25, -0.2) is 4.68 Å². The number of rotatable bonds is 3. The first-order valence-electron chi connectivity index (χ1n) is 9.58. The maximum atomic E-state index is 13.1. The van der Waals surface area contributed by atoms with E-state index in [-0.39, 0.29) is 41.1 Å². The Morgan fingerprint density at radius 3 is 2.43 bits per heavy atom. The minimum Gasteiger partial charge on any atom is -0.315 e. The number of nitrogens with zero attached hydrogens (tertiary/aromatic N) is 4. The summed E-state index contributed by atoms with van der Waals surface area (Å²) < 4.78 is 3.71. The molecule has 1 fully saturated rings. The first kappa shape index (κ1) is 22.4. The van der Waals surface area contributed by atoms with E-state index in [0.717, 1.165) is 23.6 Å². The largest absolute Gasteiger partial charge is 0.315 e. The number of hydrogen-bond donors (Lipinski definition) is 2. The molecule has 156 valence electrons. The van der Waals surface area contributed by atoms with Crippen LogP contribution in [-0.4, -0.2) is 38.6 Å². The van der Waals surface area contributed by atoms with Crippen molar-refractivity contribution in [3.63, 3.8) is 0 Å². The van der Waals surface area contributed by atoms with Crippen molar-refractivity contribution in [2.45, 2.75) is 58.4 Å². The highest BCUT2D eigenvalue weighted by Gasteiger charge is 2.36. The van der Waals surface area contributed by atoms with Crippen LogP contribution in [-0.2, 0) is 22.8 Å². The Bertz CT molecular complexity index is 827. The highest BCUT2D eigenvalue weighted by atomic mass is 35.5.